The van der Waals surface area contributed by atoms with E-state index in [1.807, 2.05) is 23.5 Å². The van der Waals surface area contributed by atoms with Gasteiger partial charge in [0.15, 0.2) is 0 Å². The zero-order valence-electron chi connectivity index (χ0n) is 6.06. The van der Waals surface area contributed by atoms with E-state index in [1.54, 1.807) is 0 Å². The molecule has 0 unspecified atom stereocenters. The Morgan fingerprint density at radius 1 is 1.33 bits per heavy atom. The molecular weight excluding hydrogens is 111 g/mol. The van der Waals surface area contributed by atoms with Crippen molar-refractivity contribution in [2.75, 3.05) is 0 Å². The van der Waals surface area contributed by atoms with Crippen LogP contribution in [0.15, 0.2) is 10.7 Å². The van der Waals surface area contributed by atoms with E-state index in [9.17, 15) is 4.79 Å². The molecule has 0 aromatic rings. The molecule has 0 spiro atoms. The van der Waals surface area contributed by atoms with Gasteiger partial charge < -0.3 is 5.11 Å². The predicted octanol–water partition coefficient (Wildman–Crippen LogP) is -2.87. The molecule has 0 saturated carbocycles. The summed E-state index contributed by atoms with van der Waals surface area (Å²) in [5.41, 5.74) is 0. The van der Waals surface area contributed by atoms with Gasteiger partial charge in [0.05, 0.1) is 0 Å². The molecule has 0 aliphatic carbocycles. The van der Waals surface area contributed by atoms with Crippen LogP contribution in [0.25, 0.3) is 0 Å². The fourth-order valence-electron chi connectivity index (χ4n) is 0.404. The molecule has 9 heavy (non-hydrogen) atoms. The van der Waals surface area contributed by atoms with Gasteiger partial charge in [0.2, 0.25) is 5.87 Å². The highest BCUT2D eigenvalue weighted by Gasteiger charge is 2.01. The van der Waals surface area contributed by atoms with Crippen molar-refractivity contribution >= 4 is 36.7 Å². The van der Waals surface area contributed by atoms with Crippen LogP contribution >= 0.6 is 0 Å². The van der Waals surface area contributed by atoms with Gasteiger partial charge >= 0.3 is 0 Å². The molecule has 0 aromatic heterocycles. The molecule has 6 heteroatoms. The van der Waals surface area contributed by atoms with Crippen LogP contribution < -0.4 is 0 Å². The van der Waals surface area contributed by atoms with Crippen molar-refractivity contribution < 1.29 is 9.90 Å². The normalized spacial score (nSPS) is 8.00. The first-order valence-electron chi connectivity index (χ1n) is 2.88. The van der Waals surface area contributed by atoms with Crippen LogP contribution in [0.5, 0.6) is 0 Å². The quantitative estimate of drug-likeness (QED) is 0.397. The fourth-order valence-corrected chi connectivity index (χ4v) is 0.404. The van der Waals surface area contributed by atoms with Crippen LogP contribution in [-0.2, 0) is 0 Å². The van der Waals surface area contributed by atoms with Crippen molar-refractivity contribution in [1.29, 1.82) is 0 Å². The monoisotopic (exact) mass is 120 g/mol. The number of hydrogen-bond acceptors (Lipinski definition) is 1. The molecule has 0 saturated heterocycles. The SMILES string of the molecule is BC(B)=C(B)BC(=O)O. The molecule has 0 radical (unpaired) electrons. The molecule has 0 amide bonds. The minimum Gasteiger partial charge on any atom is -0.489 e. The van der Waals surface area contributed by atoms with E-state index in [2.05, 4.69) is 0 Å². The van der Waals surface area contributed by atoms with Gasteiger partial charge in [-0.05, 0) is 0 Å². The molecule has 1 N–H and O–H groups in total. The first-order valence-corrected chi connectivity index (χ1v) is 2.88. The summed E-state index contributed by atoms with van der Waals surface area (Å²) in [7, 11) is 5.84. The second-order valence-electron chi connectivity index (χ2n) is 2.35. The Balaban J connectivity index is 3.92. The summed E-state index contributed by atoms with van der Waals surface area (Å²) in [6.45, 7) is 0. The van der Waals surface area contributed by atoms with Crippen molar-refractivity contribution in [3.8, 4) is 0 Å². The first-order chi connectivity index (χ1) is 4.04. The molecule has 0 aliphatic rings. The maximum atomic E-state index is 10.1. The lowest BCUT2D eigenvalue weighted by Gasteiger charge is -1.95. The van der Waals surface area contributed by atoms with Crippen molar-refractivity contribution in [3.05, 3.63) is 10.7 Å². The smallest absolute Gasteiger partial charge is 0.277 e. The Kier molecular flexibility index (Phi) is 3.28. The summed E-state index contributed by atoms with van der Waals surface area (Å²) < 4.78 is 0. The molecule has 0 atom stereocenters. The highest BCUT2D eigenvalue weighted by molar-refractivity contribution is 6.86. The first kappa shape index (κ1) is 8.47. The van der Waals surface area contributed by atoms with E-state index >= 15 is 0 Å². The van der Waals surface area contributed by atoms with Gasteiger partial charge in [-0.3, -0.25) is 4.79 Å². The fraction of sp³-hybridized carbons (Fsp3) is 0. The third-order valence-corrected chi connectivity index (χ3v) is 1.27. The Hall–Kier alpha value is -0.530. The molecule has 0 aliphatic heterocycles. The number of carbonyl (C=O) groups is 1. The Bertz CT molecular complexity index is 148. The molecule has 44 valence electrons. The molecular formula is C3H8B4O2. The summed E-state index contributed by atoms with van der Waals surface area (Å²) in [6, 6.07) is 0. The summed E-state index contributed by atoms with van der Waals surface area (Å²) in [6.07, 6.45) is 0. The molecule has 0 rings (SSSR count). The molecule has 0 fully saturated rings. The maximum Gasteiger partial charge on any atom is 0.277 e. The van der Waals surface area contributed by atoms with Crippen LogP contribution in [0.2, 0.25) is 0 Å². The van der Waals surface area contributed by atoms with Crippen molar-refractivity contribution in [3.63, 3.8) is 0 Å². The minimum absolute atomic E-state index is 0.169. The Morgan fingerprint density at radius 2 is 1.78 bits per heavy atom. The van der Waals surface area contributed by atoms with Crippen LogP contribution in [0.4, 0.5) is 4.79 Å². The maximum absolute atomic E-state index is 10.1. The second kappa shape index (κ2) is 3.49. The third kappa shape index (κ3) is 4.01. The van der Waals surface area contributed by atoms with Crippen molar-refractivity contribution in [2.45, 2.75) is 0 Å². The molecule has 2 nitrogen and oxygen atoms in total. The van der Waals surface area contributed by atoms with E-state index in [4.69, 9.17) is 5.11 Å². The number of carboxylic acid groups (broad SMARTS) is 1. The molecule has 0 aromatic carbocycles. The van der Waals surface area contributed by atoms with Crippen molar-refractivity contribution in [1.82, 2.24) is 0 Å². The lowest BCUT2D eigenvalue weighted by atomic mass is 9.52. The topological polar surface area (TPSA) is 37.3 Å². The molecule has 0 heterocycles. The van der Waals surface area contributed by atoms with E-state index in [-0.39, 0.29) is 7.28 Å². The van der Waals surface area contributed by atoms with Crippen molar-refractivity contribution in [2.24, 2.45) is 0 Å². The van der Waals surface area contributed by atoms with Gasteiger partial charge in [0.1, 0.15) is 23.5 Å². The van der Waals surface area contributed by atoms with Crippen LogP contribution in [0.1, 0.15) is 0 Å². The summed E-state index contributed by atoms with van der Waals surface area (Å²) in [5, 5.41) is 10.3. The average molecular weight is 119 g/mol. The number of rotatable bonds is 2. The van der Waals surface area contributed by atoms with E-state index in [1.165, 1.54) is 0 Å². The minimum atomic E-state index is -0.756. The largest absolute Gasteiger partial charge is 0.489 e. The zero-order valence-corrected chi connectivity index (χ0v) is 6.06. The molecule has 0 bridgehead atoms. The van der Waals surface area contributed by atoms with Gasteiger partial charge in [-0.1, -0.05) is 0 Å². The second-order valence-corrected chi connectivity index (χ2v) is 2.35. The third-order valence-electron chi connectivity index (χ3n) is 1.27. The Labute approximate surface area is 58.2 Å². The summed E-state index contributed by atoms with van der Waals surface area (Å²) in [4.78, 5) is 10.1. The average Bonchev–Trinajstić information content (AvgIpc) is 1.63. The van der Waals surface area contributed by atoms with Gasteiger partial charge in [0.25, 0.3) is 7.28 Å². The highest BCUT2D eigenvalue weighted by Crippen LogP contribution is 1.88. The van der Waals surface area contributed by atoms with E-state index < -0.39 is 5.87 Å². The lowest BCUT2D eigenvalue weighted by molar-refractivity contribution is 0.220. The van der Waals surface area contributed by atoms with Crippen LogP contribution in [0.3, 0.4) is 0 Å². The Morgan fingerprint density at radius 3 is 1.89 bits per heavy atom. The zero-order chi connectivity index (χ0) is 7.44. The van der Waals surface area contributed by atoms with Gasteiger partial charge in [-0.25, -0.2) is 0 Å². The van der Waals surface area contributed by atoms with E-state index in [0.29, 0.717) is 0 Å². The van der Waals surface area contributed by atoms with Gasteiger partial charge in [-0.15, -0.1) is 5.37 Å². The summed E-state index contributed by atoms with van der Waals surface area (Å²) in [5.74, 6) is -0.756. The van der Waals surface area contributed by atoms with Gasteiger partial charge in [-0.2, -0.15) is 5.37 Å². The van der Waals surface area contributed by atoms with Gasteiger partial charge in [0, 0.05) is 0 Å². The summed E-state index contributed by atoms with van der Waals surface area (Å²) >= 11 is 0. The lowest BCUT2D eigenvalue weighted by Crippen LogP contribution is -2.11. The van der Waals surface area contributed by atoms with E-state index in [0.717, 1.165) is 10.7 Å². The standard InChI is InChI=1S/C3H8B4O2/c4-1(5)2(6)7-3(8)9/h7H,4-6H2,(H,8,9). The number of hydrogen-bond donors (Lipinski definition) is 1. The highest BCUT2D eigenvalue weighted by atomic mass is 16.4. The van der Waals surface area contributed by atoms with Crippen LogP contribution in [-0.4, -0.2) is 41.8 Å². The van der Waals surface area contributed by atoms with Crippen LogP contribution in [0, 0.1) is 0 Å². The predicted molar refractivity (Wildman–Crippen MR) is 47.8 cm³/mol.